The van der Waals surface area contributed by atoms with Crippen molar-refractivity contribution in [3.63, 3.8) is 0 Å². The molecule has 0 aromatic heterocycles. The average Bonchev–Trinajstić information content (AvgIpc) is 3.00. The Bertz CT molecular complexity index is 328. The van der Waals surface area contributed by atoms with E-state index in [2.05, 4.69) is 61.7 Å². The molecule has 2 nitrogen and oxygen atoms in total. The first kappa shape index (κ1) is 11.6. The Balaban J connectivity index is 2.25. The topological polar surface area (TPSA) is 15.3 Å². The third kappa shape index (κ3) is 2.13. The Labute approximate surface area is 98.7 Å². The van der Waals surface area contributed by atoms with Crippen LogP contribution in [-0.2, 0) is 0 Å². The Morgan fingerprint density at radius 2 is 1.88 bits per heavy atom. The maximum atomic E-state index is 3.35. The molecule has 0 aliphatic heterocycles. The van der Waals surface area contributed by atoms with Gasteiger partial charge in [0.2, 0.25) is 0 Å². The summed E-state index contributed by atoms with van der Waals surface area (Å²) in [7, 11) is 6.43. The van der Waals surface area contributed by atoms with E-state index in [0.717, 1.165) is 6.54 Å². The van der Waals surface area contributed by atoms with Gasteiger partial charge in [-0.2, -0.15) is 0 Å². The van der Waals surface area contributed by atoms with Crippen molar-refractivity contribution in [2.45, 2.75) is 18.9 Å². The lowest BCUT2D eigenvalue weighted by Gasteiger charge is -2.33. The highest BCUT2D eigenvalue weighted by Gasteiger charge is 2.50. The van der Waals surface area contributed by atoms with Crippen molar-refractivity contribution in [3.8, 4) is 0 Å². The first-order valence-electron chi connectivity index (χ1n) is 6.05. The zero-order chi connectivity index (χ0) is 11.6. The molecular formula is C14H22N2. The summed E-state index contributed by atoms with van der Waals surface area (Å²) in [5.74, 6) is 0. The van der Waals surface area contributed by atoms with Crippen molar-refractivity contribution in [2.75, 3.05) is 27.7 Å². The zero-order valence-electron chi connectivity index (χ0n) is 10.5. The molecule has 1 aliphatic carbocycles. The van der Waals surface area contributed by atoms with Gasteiger partial charge in [-0.1, -0.05) is 30.3 Å². The first-order valence-corrected chi connectivity index (χ1v) is 6.05. The Hall–Kier alpha value is -0.860. The van der Waals surface area contributed by atoms with Gasteiger partial charge in [-0.3, -0.25) is 0 Å². The van der Waals surface area contributed by atoms with E-state index in [9.17, 15) is 0 Å². The lowest BCUT2D eigenvalue weighted by Crippen LogP contribution is -2.34. The Kier molecular flexibility index (Phi) is 3.31. The molecule has 1 saturated carbocycles. The van der Waals surface area contributed by atoms with Crippen LogP contribution in [0.5, 0.6) is 0 Å². The molecule has 0 saturated heterocycles. The molecule has 1 fully saturated rings. The quantitative estimate of drug-likeness (QED) is 0.815. The third-order valence-electron chi connectivity index (χ3n) is 3.63. The Morgan fingerprint density at radius 1 is 1.25 bits per heavy atom. The van der Waals surface area contributed by atoms with Crippen LogP contribution < -0.4 is 5.32 Å². The highest BCUT2D eigenvalue weighted by Crippen LogP contribution is 2.56. The first-order chi connectivity index (χ1) is 7.69. The van der Waals surface area contributed by atoms with Crippen LogP contribution in [0.3, 0.4) is 0 Å². The molecule has 0 spiro atoms. The molecule has 0 bridgehead atoms. The summed E-state index contributed by atoms with van der Waals surface area (Å²) < 4.78 is 0. The van der Waals surface area contributed by atoms with Gasteiger partial charge in [0.25, 0.3) is 0 Å². The molecule has 2 heteroatoms. The van der Waals surface area contributed by atoms with Gasteiger partial charge in [0, 0.05) is 18.0 Å². The number of benzene rings is 1. The fraction of sp³-hybridized carbons (Fsp3) is 0.571. The van der Waals surface area contributed by atoms with E-state index in [4.69, 9.17) is 0 Å². The summed E-state index contributed by atoms with van der Waals surface area (Å²) in [4.78, 5) is 2.36. The van der Waals surface area contributed by atoms with Gasteiger partial charge in [-0.05, 0) is 39.5 Å². The standard InChI is InChI=1S/C14H22N2/c1-15-11-14(9-10-14)13(16(2)3)12-7-5-4-6-8-12/h4-8,13,15H,9-11H2,1-3H3. The van der Waals surface area contributed by atoms with Crippen molar-refractivity contribution in [1.29, 1.82) is 0 Å². The molecule has 1 unspecified atom stereocenters. The third-order valence-corrected chi connectivity index (χ3v) is 3.63. The predicted molar refractivity (Wildman–Crippen MR) is 68.5 cm³/mol. The lowest BCUT2D eigenvalue weighted by atomic mass is 9.89. The fourth-order valence-electron chi connectivity index (χ4n) is 2.89. The molecule has 16 heavy (non-hydrogen) atoms. The van der Waals surface area contributed by atoms with Gasteiger partial charge in [-0.15, -0.1) is 0 Å². The second-order valence-electron chi connectivity index (χ2n) is 5.17. The molecule has 1 aromatic carbocycles. The van der Waals surface area contributed by atoms with Gasteiger partial charge < -0.3 is 10.2 Å². The van der Waals surface area contributed by atoms with Crippen molar-refractivity contribution in [3.05, 3.63) is 35.9 Å². The van der Waals surface area contributed by atoms with Crippen LogP contribution in [0, 0.1) is 5.41 Å². The van der Waals surface area contributed by atoms with E-state index in [1.165, 1.54) is 18.4 Å². The minimum Gasteiger partial charge on any atom is -0.319 e. The summed E-state index contributed by atoms with van der Waals surface area (Å²) in [5.41, 5.74) is 1.90. The van der Waals surface area contributed by atoms with Crippen molar-refractivity contribution >= 4 is 0 Å². The normalized spacial score (nSPS) is 19.8. The van der Waals surface area contributed by atoms with Gasteiger partial charge in [0.15, 0.2) is 0 Å². The highest BCUT2D eigenvalue weighted by molar-refractivity contribution is 5.24. The maximum absolute atomic E-state index is 3.35. The molecule has 1 N–H and O–H groups in total. The smallest absolute Gasteiger partial charge is 0.0410 e. The molecule has 0 heterocycles. The molecule has 1 aliphatic rings. The summed E-state index contributed by atoms with van der Waals surface area (Å²) in [5, 5.41) is 3.35. The lowest BCUT2D eigenvalue weighted by molar-refractivity contribution is 0.191. The summed E-state index contributed by atoms with van der Waals surface area (Å²) in [6, 6.07) is 11.4. The second-order valence-corrected chi connectivity index (χ2v) is 5.17. The van der Waals surface area contributed by atoms with Crippen LogP contribution in [0.2, 0.25) is 0 Å². The van der Waals surface area contributed by atoms with Crippen molar-refractivity contribution in [1.82, 2.24) is 10.2 Å². The van der Waals surface area contributed by atoms with Crippen molar-refractivity contribution < 1.29 is 0 Å². The SMILES string of the molecule is CNCC1(C(c2ccccc2)N(C)C)CC1. The number of nitrogens with one attached hydrogen (secondary N) is 1. The van der Waals surface area contributed by atoms with E-state index in [0.29, 0.717) is 11.5 Å². The monoisotopic (exact) mass is 218 g/mol. The van der Waals surface area contributed by atoms with Crippen LogP contribution in [0.4, 0.5) is 0 Å². The van der Waals surface area contributed by atoms with E-state index in [1.807, 2.05) is 0 Å². The number of hydrogen-bond donors (Lipinski definition) is 1. The van der Waals surface area contributed by atoms with E-state index >= 15 is 0 Å². The minimum absolute atomic E-state index is 0.458. The van der Waals surface area contributed by atoms with Gasteiger partial charge in [0.05, 0.1) is 0 Å². The summed E-state index contributed by atoms with van der Waals surface area (Å²) in [6.07, 6.45) is 2.68. The molecule has 1 atom stereocenters. The fourth-order valence-corrected chi connectivity index (χ4v) is 2.89. The minimum atomic E-state index is 0.458. The Morgan fingerprint density at radius 3 is 2.31 bits per heavy atom. The average molecular weight is 218 g/mol. The molecular weight excluding hydrogens is 196 g/mol. The largest absolute Gasteiger partial charge is 0.319 e. The van der Waals surface area contributed by atoms with Gasteiger partial charge >= 0.3 is 0 Å². The number of hydrogen-bond acceptors (Lipinski definition) is 2. The molecule has 0 radical (unpaired) electrons. The summed E-state index contributed by atoms with van der Waals surface area (Å²) in [6.45, 7) is 1.12. The van der Waals surface area contributed by atoms with Crippen LogP contribution in [0.15, 0.2) is 30.3 Å². The van der Waals surface area contributed by atoms with Crippen LogP contribution >= 0.6 is 0 Å². The number of rotatable bonds is 5. The van der Waals surface area contributed by atoms with E-state index in [-0.39, 0.29) is 0 Å². The maximum Gasteiger partial charge on any atom is 0.0410 e. The van der Waals surface area contributed by atoms with Crippen molar-refractivity contribution in [2.24, 2.45) is 5.41 Å². The van der Waals surface area contributed by atoms with Crippen LogP contribution in [0.1, 0.15) is 24.4 Å². The predicted octanol–water partition coefficient (Wildman–Crippen LogP) is 2.29. The van der Waals surface area contributed by atoms with E-state index in [1.54, 1.807) is 0 Å². The van der Waals surface area contributed by atoms with Gasteiger partial charge in [-0.25, -0.2) is 0 Å². The molecule has 88 valence electrons. The van der Waals surface area contributed by atoms with E-state index < -0.39 is 0 Å². The zero-order valence-corrected chi connectivity index (χ0v) is 10.5. The van der Waals surface area contributed by atoms with Crippen LogP contribution in [-0.4, -0.2) is 32.6 Å². The summed E-state index contributed by atoms with van der Waals surface area (Å²) >= 11 is 0. The molecule has 2 rings (SSSR count). The van der Waals surface area contributed by atoms with Crippen LogP contribution in [0.25, 0.3) is 0 Å². The second kappa shape index (κ2) is 4.56. The number of nitrogens with zero attached hydrogens (tertiary/aromatic N) is 1. The molecule has 0 amide bonds. The van der Waals surface area contributed by atoms with Gasteiger partial charge in [0.1, 0.15) is 0 Å². The molecule has 1 aromatic rings. The highest BCUT2D eigenvalue weighted by atomic mass is 15.1.